The molecule has 0 saturated heterocycles. The van der Waals surface area contributed by atoms with Gasteiger partial charge in [0.15, 0.2) is 16.1 Å². The fourth-order valence-corrected chi connectivity index (χ4v) is 3.59. The predicted molar refractivity (Wildman–Crippen MR) is 95.3 cm³/mol. The van der Waals surface area contributed by atoms with Gasteiger partial charge in [-0.3, -0.25) is 0 Å². The Balaban J connectivity index is 2.86. The lowest BCUT2D eigenvalue weighted by molar-refractivity contribution is 0.228. The van der Waals surface area contributed by atoms with Gasteiger partial charge in [-0.25, -0.2) is 4.68 Å². The molecule has 1 aromatic heterocycles. The molecule has 1 unspecified atom stereocenters. The lowest BCUT2D eigenvalue weighted by Crippen LogP contribution is -2.31. The molecule has 0 aliphatic rings. The zero-order valence-electron chi connectivity index (χ0n) is 14.4. The first-order valence-corrected chi connectivity index (χ1v) is 9.24. The summed E-state index contributed by atoms with van der Waals surface area (Å²) in [5.74, 6) is 0.483. The van der Waals surface area contributed by atoms with Crippen molar-refractivity contribution in [2.45, 2.75) is 84.1 Å². The summed E-state index contributed by atoms with van der Waals surface area (Å²) in [5, 5.41) is 5.31. The SMILES string of the molecule is CCCCCCCC(C)(CCCC)n1nc(Cl)c(OC)c1Cl. The van der Waals surface area contributed by atoms with E-state index < -0.39 is 0 Å². The molecule has 3 nitrogen and oxygen atoms in total. The average molecular weight is 349 g/mol. The van der Waals surface area contributed by atoms with Gasteiger partial charge in [0.2, 0.25) is 0 Å². The molecule has 0 bridgehead atoms. The van der Waals surface area contributed by atoms with Gasteiger partial charge in [-0.15, -0.1) is 0 Å². The molecule has 1 rings (SSSR count). The molecule has 128 valence electrons. The normalized spacial score (nSPS) is 14.1. The summed E-state index contributed by atoms with van der Waals surface area (Å²) >= 11 is 12.6. The van der Waals surface area contributed by atoms with Crippen LogP contribution in [0.4, 0.5) is 0 Å². The summed E-state index contributed by atoms with van der Waals surface area (Å²) in [6, 6.07) is 0. The van der Waals surface area contributed by atoms with Crippen LogP contribution in [-0.2, 0) is 5.54 Å². The number of hydrogen-bond acceptors (Lipinski definition) is 2. The molecule has 0 N–H and O–H groups in total. The second-order valence-electron chi connectivity index (χ2n) is 6.29. The molecule has 5 heteroatoms. The molecule has 0 saturated carbocycles. The number of halogens is 2. The Morgan fingerprint density at radius 3 is 2.14 bits per heavy atom. The van der Waals surface area contributed by atoms with Gasteiger partial charge in [0.05, 0.1) is 12.6 Å². The number of rotatable bonds is 11. The lowest BCUT2D eigenvalue weighted by atomic mass is 9.88. The van der Waals surface area contributed by atoms with Crippen LogP contribution in [0.1, 0.15) is 78.6 Å². The van der Waals surface area contributed by atoms with Crippen molar-refractivity contribution in [3.8, 4) is 5.75 Å². The number of nitrogens with zero attached hydrogens (tertiary/aromatic N) is 2. The van der Waals surface area contributed by atoms with Gasteiger partial charge in [0.25, 0.3) is 0 Å². The number of ether oxygens (including phenoxy) is 1. The van der Waals surface area contributed by atoms with Crippen LogP contribution in [0.25, 0.3) is 0 Å². The molecule has 1 heterocycles. The number of hydrogen-bond donors (Lipinski definition) is 0. The summed E-state index contributed by atoms with van der Waals surface area (Å²) in [5.41, 5.74) is -0.0975. The highest BCUT2D eigenvalue weighted by Gasteiger charge is 2.31. The van der Waals surface area contributed by atoms with Crippen molar-refractivity contribution in [3.63, 3.8) is 0 Å². The third-order valence-electron chi connectivity index (χ3n) is 4.35. The van der Waals surface area contributed by atoms with E-state index in [9.17, 15) is 0 Å². The van der Waals surface area contributed by atoms with Gasteiger partial charge in [0, 0.05) is 0 Å². The highest BCUT2D eigenvalue weighted by molar-refractivity contribution is 6.36. The van der Waals surface area contributed by atoms with E-state index in [1.54, 1.807) is 7.11 Å². The average Bonchev–Trinajstić information content (AvgIpc) is 2.80. The molecule has 0 radical (unpaired) electrons. The molecule has 22 heavy (non-hydrogen) atoms. The molecule has 0 spiro atoms. The summed E-state index contributed by atoms with van der Waals surface area (Å²) < 4.78 is 7.15. The minimum atomic E-state index is -0.0975. The van der Waals surface area contributed by atoms with Crippen LogP contribution in [0.5, 0.6) is 5.75 Å². The highest BCUT2D eigenvalue weighted by Crippen LogP contribution is 2.39. The molecule has 1 aromatic rings. The minimum absolute atomic E-state index is 0.0975. The van der Waals surface area contributed by atoms with E-state index in [0.717, 1.165) is 25.7 Å². The predicted octanol–water partition coefficient (Wildman–Crippen LogP) is 6.46. The maximum atomic E-state index is 6.45. The summed E-state index contributed by atoms with van der Waals surface area (Å²) in [4.78, 5) is 0. The molecule has 0 amide bonds. The molecule has 1 atom stereocenters. The smallest absolute Gasteiger partial charge is 0.195 e. The molecule has 0 aromatic carbocycles. The third kappa shape index (κ3) is 5.06. The monoisotopic (exact) mass is 348 g/mol. The molecular weight excluding hydrogens is 319 g/mol. The molecule has 0 aliphatic carbocycles. The van der Waals surface area contributed by atoms with Crippen LogP contribution >= 0.6 is 23.2 Å². The van der Waals surface area contributed by atoms with E-state index in [-0.39, 0.29) is 5.54 Å². The van der Waals surface area contributed by atoms with Crippen LogP contribution in [0, 0.1) is 0 Å². The van der Waals surface area contributed by atoms with Crippen molar-refractivity contribution in [2.24, 2.45) is 0 Å². The van der Waals surface area contributed by atoms with E-state index in [0.29, 0.717) is 16.1 Å². The second-order valence-corrected chi connectivity index (χ2v) is 7.01. The van der Waals surface area contributed by atoms with E-state index in [2.05, 4.69) is 25.9 Å². The fourth-order valence-electron chi connectivity index (χ4n) is 2.89. The first kappa shape index (κ1) is 19.6. The lowest BCUT2D eigenvalue weighted by Gasteiger charge is -2.31. The van der Waals surface area contributed by atoms with Crippen LogP contribution in [0.15, 0.2) is 0 Å². The van der Waals surface area contributed by atoms with E-state index in [1.807, 2.05) is 4.68 Å². The van der Waals surface area contributed by atoms with Crippen molar-refractivity contribution in [3.05, 3.63) is 10.3 Å². The van der Waals surface area contributed by atoms with E-state index >= 15 is 0 Å². The maximum Gasteiger partial charge on any atom is 0.195 e. The standard InChI is InChI=1S/C17H30Cl2N2O/c1-5-7-9-10-11-13-17(3,12-8-6-2)21-16(19)14(22-4)15(18)20-21/h5-13H2,1-4H3. The van der Waals surface area contributed by atoms with Crippen molar-refractivity contribution in [2.75, 3.05) is 7.11 Å². The van der Waals surface area contributed by atoms with Gasteiger partial charge in [-0.1, -0.05) is 82.0 Å². The van der Waals surface area contributed by atoms with Gasteiger partial charge in [-0.2, -0.15) is 5.10 Å². The first-order chi connectivity index (χ1) is 10.5. The molecule has 0 aliphatic heterocycles. The Kier molecular flexibility index (Phi) is 8.63. The molecular formula is C17H30Cl2N2O. The van der Waals surface area contributed by atoms with Gasteiger partial charge in [-0.05, 0) is 19.8 Å². The van der Waals surface area contributed by atoms with Crippen molar-refractivity contribution in [1.29, 1.82) is 0 Å². The van der Waals surface area contributed by atoms with Gasteiger partial charge >= 0.3 is 0 Å². The van der Waals surface area contributed by atoms with Crippen molar-refractivity contribution < 1.29 is 4.74 Å². The zero-order valence-corrected chi connectivity index (χ0v) is 15.9. The number of methoxy groups -OCH3 is 1. The second kappa shape index (κ2) is 9.67. The van der Waals surface area contributed by atoms with E-state index in [4.69, 9.17) is 27.9 Å². The van der Waals surface area contributed by atoms with E-state index in [1.165, 1.54) is 32.1 Å². The Morgan fingerprint density at radius 1 is 1.00 bits per heavy atom. The fraction of sp³-hybridized carbons (Fsp3) is 0.824. The largest absolute Gasteiger partial charge is 0.491 e. The highest BCUT2D eigenvalue weighted by atomic mass is 35.5. The van der Waals surface area contributed by atoms with Crippen molar-refractivity contribution in [1.82, 2.24) is 9.78 Å². The zero-order chi connectivity index (χ0) is 16.6. The maximum absolute atomic E-state index is 6.45. The summed E-state index contributed by atoms with van der Waals surface area (Å²) in [6.07, 6.45) is 10.8. The van der Waals surface area contributed by atoms with Crippen LogP contribution in [0.3, 0.4) is 0 Å². The Bertz CT molecular complexity index is 448. The Morgan fingerprint density at radius 2 is 1.59 bits per heavy atom. The summed E-state index contributed by atoms with van der Waals surface area (Å²) in [7, 11) is 1.58. The van der Waals surface area contributed by atoms with Crippen molar-refractivity contribution >= 4 is 23.2 Å². The number of aromatic nitrogens is 2. The Labute approximate surface area is 145 Å². The number of unbranched alkanes of at least 4 members (excludes halogenated alkanes) is 5. The first-order valence-electron chi connectivity index (χ1n) is 8.48. The molecule has 0 fully saturated rings. The van der Waals surface area contributed by atoms with Crippen LogP contribution in [-0.4, -0.2) is 16.9 Å². The minimum Gasteiger partial charge on any atom is -0.491 e. The third-order valence-corrected chi connectivity index (χ3v) is 4.93. The van der Waals surface area contributed by atoms with Gasteiger partial charge in [0.1, 0.15) is 0 Å². The summed E-state index contributed by atoms with van der Waals surface area (Å²) in [6.45, 7) is 6.68. The van der Waals surface area contributed by atoms with Crippen LogP contribution in [0.2, 0.25) is 10.3 Å². The van der Waals surface area contributed by atoms with Crippen LogP contribution < -0.4 is 4.74 Å². The quantitative estimate of drug-likeness (QED) is 0.428. The topological polar surface area (TPSA) is 27.1 Å². The van der Waals surface area contributed by atoms with Gasteiger partial charge < -0.3 is 4.74 Å². The Hall–Kier alpha value is -0.410.